The number of hydrogen-bond donors (Lipinski definition) is 3. The monoisotopic (exact) mass is 318 g/mol. The molecule has 0 aliphatic carbocycles. The summed E-state index contributed by atoms with van der Waals surface area (Å²) in [6.45, 7) is 0. The smallest absolute Gasteiger partial charge is 0.267 e. The second-order valence-corrected chi connectivity index (χ2v) is 5.46. The quantitative estimate of drug-likeness (QED) is 0.463. The first-order valence-corrected chi connectivity index (χ1v) is 7.82. The number of rotatable bonds is 3. The van der Waals surface area contributed by atoms with Crippen molar-refractivity contribution in [3.8, 4) is 0 Å². The zero-order chi connectivity index (χ0) is 15.2. The molecule has 0 spiro atoms. The fourth-order valence-corrected chi connectivity index (χ4v) is 2.60. The molecule has 2 aromatic carbocycles. The number of hydrazine groups is 1. The number of benzene rings is 2. The van der Waals surface area contributed by atoms with E-state index >= 15 is 0 Å². The minimum Gasteiger partial charge on any atom is -0.267 e. The average Bonchev–Trinajstić information content (AvgIpc) is 2.52. The lowest BCUT2D eigenvalue weighted by molar-refractivity contribution is 0.0843. The van der Waals surface area contributed by atoms with Gasteiger partial charge in [-0.15, -0.1) is 24.4 Å². The van der Waals surface area contributed by atoms with Crippen molar-refractivity contribution < 1.29 is 9.59 Å². The van der Waals surface area contributed by atoms with Crippen molar-refractivity contribution in [3.63, 3.8) is 0 Å². The summed E-state index contributed by atoms with van der Waals surface area (Å²) in [5.74, 6) is -0.763. The number of hydrogen-bond acceptors (Lipinski definition) is 4. The van der Waals surface area contributed by atoms with Crippen LogP contribution in [0.3, 0.4) is 0 Å². The third-order valence-corrected chi connectivity index (χ3v) is 3.98. The zero-order valence-corrected chi connectivity index (χ0v) is 13.0. The van der Waals surface area contributed by atoms with E-state index in [1.54, 1.807) is 36.4 Å². The van der Waals surface area contributed by atoms with Gasteiger partial charge in [0.2, 0.25) is 0 Å². The molecule has 21 heavy (non-hydrogen) atoms. The first-order chi connectivity index (χ1) is 10.1. The number of thioether (sulfide) groups is 1. The Morgan fingerprint density at radius 2 is 1.43 bits per heavy atom. The van der Waals surface area contributed by atoms with Crippen LogP contribution in [-0.4, -0.2) is 18.1 Å². The van der Waals surface area contributed by atoms with Crippen LogP contribution in [-0.2, 0) is 0 Å². The summed E-state index contributed by atoms with van der Waals surface area (Å²) in [6.07, 6.45) is 1.89. The lowest BCUT2D eigenvalue weighted by atomic mass is 10.2. The summed E-state index contributed by atoms with van der Waals surface area (Å²) in [6, 6.07) is 14.1. The molecule has 2 amide bonds. The van der Waals surface area contributed by atoms with E-state index in [2.05, 4.69) is 23.5 Å². The van der Waals surface area contributed by atoms with Crippen LogP contribution in [0.4, 0.5) is 0 Å². The van der Waals surface area contributed by atoms with Gasteiger partial charge in [-0.05, 0) is 30.5 Å². The average molecular weight is 318 g/mol. The maximum absolute atomic E-state index is 12.1. The summed E-state index contributed by atoms with van der Waals surface area (Å²) in [5.41, 5.74) is 5.73. The highest BCUT2D eigenvalue weighted by Crippen LogP contribution is 2.19. The highest BCUT2D eigenvalue weighted by molar-refractivity contribution is 7.98. The summed E-state index contributed by atoms with van der Waals surface area (Å²) in [4.78, 5) is 25.5. The van der Waals surface area contributed by atoms with E-state index in [4.69, 9.17) is 0 Å². The van der Waals surface area contributed by atoms with Crippen molar-refractivity contribution in [3.05, 3.63) is 59.7 Å². The molecular formula is C15H14N2O2S2. The summed E-state index contributed by atoms with van der Waals surface area (Å²) in [5, 5.41) is 0. The minimum atomic E-state index is -0.407. The van der Waals surface area contributed by atoms with Gasteiger partial charge in [-0.2, -0.15) is 0 Å². The van der Waals surface area contributed by atoms with Gasteiger partial charge in [-0.25, -0.2) is 0 Å². The number of amides is 2. The normalized spacial score (nSPS) is 10.0. The molecule has 4 nitrogen and oxygen atoms in total. The Labute approximate surface area is 132 Å². The number of carbonyl (C=O) groups excluding carboxylic acids is 2. The predicted molar refractivity (Wildman–Crippen MR) is 86.8 cm³/mol. The third-order valence-electron chi connectivity index (χ3n) is 2.79. The molecule has 108 valence electrons. The van der Waals surface area contributed by atoms with Gasteiger partial charge in [0.25, 0.3) is 11.8 Å². The Bertz CT molecular complexity index is 674. The van der Waals surface area contributed by atoms with E-state index in [1.807, 2.05) is 18.4 Å². The molecule has 0 aliphatic rings. The Hall–Kier alpha value is -1.92. The molecule has 0 bridgehead atoms. The molecule has 0 fully saturated rings. The van der Waals surface area contributed by atoms with Crippen LogP contribution in [0.5, 0.6) is 0 Å². The van der Waals surface area contributed by atoms with Gasteiger partial charge in [0.1, 0.15) is 0 Å². The van der Waals surface area contributed by atoms with E-state index in [0.717, 1.165) is 4.90 Å². The van der Waals surface area contributed by atoms with Gasteiger partial charge in [-0.1, -0.05) is 24.3 Å². The van der Waals surface area contributed by atoms with Crippen LogP contribution >= 0.6 is 24.4 Å². The molecule has 0 saturated heterocycles. The van der Waals surface area contributed by atoms with E-state index in [-0.39, 0.29) is 5.91 Å². The third kappa shape index (κ3) is 3.80. The summed E-state index contributed by atoms with van der Waals surface area (Å²) in [7, 11) is 0. The molecule has 0 heterocycles. The van der Waals surface area contributed by atoms with Crippen molar-refractivity contribution >= 4 is 36.2 Å². The topological polar surface area (TPSA) is 58.2 Å². The van der Waals surface area contributed by atoms with E-state index in [0.29, 0.717) is 16.0 Å². The van der Waals surface area contributed by atoms with Crippen molar-refractivity contribution in [2.75, 3.05) is 6.26 Å². The molecule has 2 N–H and O–H groups in total. The molecule has 0 unspecified atom stereocenters. The second-order valence-electron chi connectivity index (χ2n) is 4.13. The first kappa shape index (κ1) is 15.5. The molecule has 0 radical (unpaired) electrons. The molecule has 0 saturated carbocycles. The molecule has 2 aromatic rings. The molecule has 2 rings (SSSR count). The van der Waals surface area contributed by atoms with Crippen molar-refractivity contribution in [2.45, 2.75) is 9.79 Å². The van der Waals surface area contributed by atoms with Crippen LogP contribution in [0.2, 0.25) is 0 Å². The molecule has 6 heteroatoms. The Kier molecular flexibility index (Phi) is 5.30. The number of nitrogens with one attached hydrogen (secondary N) is 2. The summed E-state index contributed by atoms with van der Waals surface area (Å²) < 4.78 is 0. The first-order valence-electron chi connectivity index (χ1n) is 6.15. The minimum absolute atomic E-state index is 0.357. The Balaban J connectivity index is 2.05. The van der Waals surface area contributed by atoms with E-state index in [1.165, 1.54) is 11.8 Å². The molecule has 0 aromatic heterocycles. The van der Waals surface area contributed by atoms with Crippen molar-refractivity contribution in [2.24, 2.45) is 0 Å². The van der Waals surface area contributed by atoms with Crippen LogP contribution in [0.15, 0.2) is 58.3 Å². The molecule has 0 aliphatic heterocycles. The highest BCUT2D eigenvalue weighted by atomic mass is 32.2. The fourth-order valence-electron chi connectivity index (χ4n) is 1.75. The molecule has 0 atom stereocenters. The zero-order valence-electron chi connectivity index (χ0n) is 11.3. The van der Waals surface area contributed by atoms with E-state index < -0.39 is 5.91 Å². The van der Waals surface area contributed by atoms with Gasteiger partial charge in [-0.3, -0.25) is 20.4 Å². The maximum atomic E-state index is 12.1. The lowest BCUT2D eigenvalue weighted by Crippen LogP contribution is -2.41. The van der Waals surface area contributed by atoms with Crippen LogP contribution in [0, 0.1) is 0 Å². The predicted octanol–water partition coefficient (Wildman–Crippen LogP) is 2.77. The van der Waals surface area contributed by atoms with Crippen LogP contribution in [0.1, 0.15) is 20.7 Å². The van der Waals surface area contributed by atoms with E-state index in [9.17, 15) is 9.59 Å². The molecular weight excluding hydrogens is 304 g/mol. The summed E-state index contributed by atoms with van der Waals surface area (Å²) >= 11 is 5.68. The number of carbonyl (C=O) groups is 2. The van der Waals surface area contributed by atoms with Crippen LogP contribution in [0.25, 0.3) is 0 Å². The highest BCUT2D eigenvalue weighted by Gasteiger charge is 2.13. The largest absolute Gasteiger partial charge is 0.270 e. The van der Waals surface area contributed by atoms with Crippen molar-refractivity contribution in [1.29, 1.82) is 0 Å². The van der Waals surface area contributed by atoms with Crippen molar-refractivity contribution in [1.82, 2.24) is 10.9 Å². The SMILES string of the molecule is CSc1ccccc1C(=O)NNC(=O)c1ccccc1S. The lowest BCUT2D eigenvalue weighted by Gasteiger charge is -2.10. The van der Waals surface area contributed by atoms with Gasteiger partial charge < -0.3 is 0 Å². The Morgan fingerprint density at radius 3 is 2.05 bits per heavy atom. The van der Waals surface area contributed by atoms with Gasteiger partial charge in [0.05, 0.1) is 11.1 Å². The standard InChI is InChI=1S/C15H14N2O2S2/c1-21-13-9-5-3-7-11(13)15(19)17-16-14(18)10-6-2-4-8-12(10)20/h2-9,20H,1H3,(H,16,18)(H,17,19). The van der Waals surface area contributed by atoms with Gasteiger partial charge in [0, 0.05) is 9.79 Å². The number of thiol groups is 1. The maximum Gasteiger partial charge on any atom is 0.270 e. The second kappa shape index (κ2) is 7.19. The van der Waals surface area contributed by atoms with Crippen LogP contribution < -0.4 is 10.9 Å². The fraction of sp³-hybridized carbons (Fsp3) is 0.0667. The Morgan fingerprint density at radius 1 is 0.905 bits per heavy atom. The van der Waals surface area contributed by atoms with Gasteiger partial charge >= 0.3 is 0 Å². The van der Waals surface area contributed by atoms with Gasteiger partial charge in [0.15, 0.2) is 0 Å².